The first kappa shape index (κ1) is 14.6. The fourth-order valence-electron chi connectivity index (χ4n) is 1.55. The number of ether oxygens (including phenoxy) is 1. The van der Waals surface area contributed by atoms with Gasteiger partial charge in [0, 0.05) is 18.7 Å². The van der Waals surface area contributed by atoms with Gasteiger partial charge in [0.05, 0.1) is 13.0 Å². The summed E-state index contributed by atoms with van der Waals surface area (Å²) in [6.45, 7) is 2.59. The van der Waals surface area contributed by atoms with E-state index in [1.807, 2.05) is 0 Å². The summed E-state index contributed by atoms with van der Waals surface area (Å²) in [6.07, 6.45) is 0.209. The van der Waals surface area contributed by atoms with Gasteiger partial charge in [0.2, 0.25) is 0 Å². The van der Waals surface area contributed by atoms with Crippen LogP contribution in [0.15, 0.2) is 18.2 Å². The minimum atomic E-state index is -0.571. The van der Waals surface area contributed by atoms with Crippen LogP contribution in [0.25, 0.3) is 0 Å². The molecule has 0 radical (unpaired) electrons. The second kappa shape index (κ2) is 7.06. The molecule has 0 saturated heterocycles. The molecule has 0 atom stereocenters. The van der Waals surface area contributed by atoms with Gasteiger partial charge in [0.1, 0.15) is 11.6 Å². The van der Waals surface area contributed by atoms with Crippen LogP contribution in [-0.2, 0) is 16.1 Å². The molecule has 0 unspecified atom stereocenters. The number of benzene rings is 1. The third-order valence-corrected chi connectivity index (χ3v) is 2.49. The zero-order valence-electron chi connectivity index (χ0n) is 10.6. The van der Waals surface area contributed by atoms with E-state index in [-0.39, 0.29) is 24.5 Å². The lowest BCUT2D eigenvalue weighted by molar-refractivity contribution is -0.143. The maximum absolute atomic E-state index is 13.4. The predicted octanol–water partition coefficient (Wildman–Crippen LogP) is 2.35. The van der Waals surface area contributed by atoms with E-state index in [1.54, 1.807) is 18.9 Å². The van der Waals surface area contributed by atoms with Gasteiger partial charge in [-0.2, -0.15) is 0 Å². The smallest absolute Gasteiger partial charge is 0.307 e. The highest BCUT2D eigenvalue weighted by Gasteiger charge is 2.12. The Kier molecular flexibility index (Phi) is 5.71. The van der Waals surface area contributed by atoms with E-state index >= 15 is 0 Å². The van der Waals surface area contributed by atoms with E-state index in [4.69, 9.17) is 4.74 Å². The Morgan fingerprint density at radius 2 is 1.94 bits per heavy atom. The molecule has 0 heterocycles. The topological polar surface area (TPSA) is 29.5 Å². The highest BCUT2D eigenvalue weighted by molar-refractivity contribution is 5.69. The Balaban J connectivity index is 2.49. The number of rotatable bonds is 6. The molecule has 0 aromatic heterocycles. The Labute approximate surface area is 105 Å². The van der Waals surface area contributed by atoms with Crippen LogP contribution in [0.5, 0.6) is 0 Å². The van der Waals surface area contributed by atoms with Gasteiger partial charge >= 0.3 is 5.97 Å². The molecule has 5 heteroatoms. The lowest BCUT2D eigenvalue weighted by Gasteiger charge is -2.16. The minimum Gasteiger partial charge on any atom is -0.466 e. The molecule has 0 aliphatic carbocycles. The Bertz CT molecular complexity index is 390. The van der Waals surface area contributed by atoms with Crippen molar-refractivity contribution in [3.8, 4) is 0 Å². The minimum absolute atomic E-state index is 0.0175. The number of carbonyl (C=O) groups excluding carboxylic acids is 1. The van der Waals surface area contributed by atoms with Crippen LogP contribution in [0.1, 0.15) is 18.9 Å². The first-order valence-corrected chi connectivity index (χ1v) is 5.81. The molecule has 0 N–H and O–H groups in total. The Morgan fingerprint density at radius 3 is 2.50 bits per heavy atom. The quantitative estimate of drug-likeness (QED) is 0.733. The predicted molar refractivity (Wildman–Crippen MR) is 63.9 cm³/mol. The lowest BCUT2D eigenvalue weighted by Crippen LogP contribution is -2.23. The molecule has 0 aliphatic rings. The van der Waals surface area contributed by atoms with Crippen molar-refractivity contribution in [3.05, 3.63) is 35.4 Å². The van der Waals surface area contributed by atoms with Gasteiger partial charge < -0.3 is 9.64 Å². The van der Waals surface area contributed by atoms with Crippen LogP contribution in [0.4, 0.5) is 8.78 Å². The van der Waals surface area contributed by atoms with Gasteiger partial charge in [-0.05, 0) is 26.1 Å². The zero-order chi connectivity index (χ0) is 13.5. The summed E-state index contributed by atoms with van der Waals surface area (Å²) < 4.78 is 31.5. The summed E-state index contributed by atoms with van der Waals surface area (Å²) in [7, 11) is 1.70. The lowest BCUT2D eigenvalue weighted by atomic mass is 10.2. The Morgan fingerprint density at radius 1 is 1.33 bits per heavy atom. The molecule has 18 heavy (non-hydrogen) atoms. The normalized spacial score (nSPS) is 10.7. The van der Waals surface area contributed by atoms with Crippen LogP contribution in [-0.4, -0.2) is 31.1 Å². The molecule has 0 amide bonds. The van der Waals surface area contributed by atoms with Crippen LogP contribution >= 0.6 is 0 Å². The molecule has 0 saturated carbocycles. The van der Waals surface area contributed by atoms with Crippen molar-refractivity contribution < 1.29 is 18.3 Å². The average molecular weight is 257 g/mol. The second-order valence-electron chi connectivity index (χ2n) is 3.99. The van der Waals surface area contributed by atoms with Gasteiger partial charge in [-0.15, -0.1) is 0 Å². The summed E-state index contributed by atoms with van der Waals surface area (Å²) in [5, 5.41) is 0. The fourth-order valence-corrected chi connectivity index (χ4v) is 1.55. The monoisotopic (exact) mass is 257 g/mol. The third kappa shape index (κ3) is 4.41. The summed E-state index contributed by atoms with van der Waals surface area (Å²) in [5.41, 5.74) is 0.0175. The third-order valence-electron chi connectivity index (χ3n) is 2.49. The van der Waals surface area contributed by atoms with Crippen molar-refractivity contribution in [2.75, 3.05) is 20.2 Å². The van der Waals surface area contributed by atoms with Crippen molar-refractivity contribution in [2.24, 2.45) is 0 Å². The van der Waals surface area contributed by atoms with E-state index in [9.17, 15) is 13.6 Å². The molecular formula is C13H17F2NO2. The van der Waals surface area contributed by atoms with E-state index in [0.29, 0.717) is 13.2 Å². The molecule has 0 fully saturated rings. The maximum Gasteiger partial charge on any atom is 0.307 e. The van der Waals surface area contributed by atoms with Gasteiger partial charge in [0.25, 0.3) is 0 Å². The largest absolute Gasteiger partial charge is 0.466 e. The van der Waals surface area contributed by atoms with Crippen LogP contribution < -0.4 is 0 Å². The number of nitrogens with zero attached hydrogens (tertiary/aromatic N) is 1. The number of halogens is 2. The van der Waals surface area contributed by atoms with Gasteiger partial charge in [-0.3, -0.25) is 4.79 Å². The number of esters is 1. The summed E-state index contributed by atoms with van der Waals surface area (Å²) in [4.78, 5) is 12.8. The molecule has 1 aromatic carbocycles. The molecule has 100 valence electrons. The van der Waals surface area contributed by atoms with Crippen molar-refractivity contribution >= 4 is 5.97 Å². The summed E-state index contributed by atoms with van der Waals surface area (Å²) >= 11 is 0. The maximum atomic E-state index is 13.4. The van der Waals surface area contributed by atoms with Crippen LogP contribution in [0, 0.1) is 11.6 Å². The highest BCUT2D eigenvalue weighted by Crippen LogP contribution is 2.14. The molecular weight excluding hydrogens is 240 g/mol. The standard InChI is InChI=1S/C13H17F2NO2/c1-3-18-13(17)7-8-16(2)9-10-11(14)5-4-6-12(10)15/h4-6H,3,7-9H2,1-2H3. The summed E-state index contributed by atoms with van der Waals surface area (Å²) in [6, 6.07) is 3.77. The molecule has 0 spiro atoms. The van der Waals surface area contributed by atoms with Crippen molar-refractivity contribution in [3.63, 3.8) is 0 Å². The van der Waals surface area contributed by atoms with Crippen LogP contribution in [0.3, 0.4) is 0 Å². The highest BCUT2D eigenvalue weighted by atomic mass is 19.1. The average Bonchev–Trinajstić information content (AvgIpc) is 2.32. The fraction of sp³-hybridized carbons (Fsp3) is 0.462. The van der Waals surface area contributed by atoms with E-state index in [0.717, 1.165) is 0 Å². The van der Waals surface area contributed by atoms with Crippen molar-refractivity contribution in [1.29, 1.82) is 0 Å². The van der Waals surface area contributed by atoms with Gasteiger partial charge in [0.15, 0.2) is 0 Å². The van der Waals surface area contributed by atoms with E-state index < -0.39 is 11.6 Å². The summed E-state index contributed by atoms with van der Waals surface area (Å²) in [5.74, 6) is -1.45. The molecule has 0 bridgehead atoms. The Hall–Kier alpha value is -1.49. The molecule has 1 rings (SSSR count). The van der Waals surface area contributed by atoms with Crippen molar-refractivity contribution in [2.45, 2.75) is 19.9 Å². The number of carbonyl (C=O) groups is 1. The number of hydrogen-bond acceptors (Lipinski definition) is 3. The first-order chi connectivity index (χ1) is 8.54. The molecule has 3 nitrogen and oxygen atoms in total. The van der Waals surface area contributed by atoms with Gasteiger partial charge in [-0.1, -0.05) is 6.07 Å². The van der Waals surface area contributed by atoms with E-state index in [1.165, 1.54) is 18.2 Å². The van der Waals surface area contributed by atoms with Crippen molar-refractivity contribution in [1.82, 2.24) is 4.90 Å². The molecule has 0 aliphatic heterocycles. The van der Waals surface area contributed by atoms with Crippen LogP contribution in [0.2, 0.25) is 0 Å². The van der Waals surface area contributed by atoms with E-state index in [2.05, 4.69) is 0 Å². The molecule has 1 aromatic rings. The second-order valence-corrected chi connectivity index (χ2v) is 3.99. The zero-order valence-corrected chi connectivity index (χ0v) is 10.6. The van der Waals surface area contributed by atoms with Gasteiger partial charge in [-0.25, -0.2) is 8.78 Å². The SMILES string of the molecule is CCOC(=O)CCN(C)Cc1c(F)cccc1F. The first-order valence-electron chi connectivity index (χ1n) is 5.81. The number of hydrogen-bond donors (Lipinski definition) is 0.